The smallest absolute Gasteiger partial charge is 0.191 e. The number of hydrogen-bond donors (Lipinski definition) is 2. The molecule has 174 valence electrons. The Morgan fingerprint density at radius 1 is 0.906 bits per heavy atom. The fourth-order valence-electron chi connectivity index (χ4n) is 4.72. The molecule has 2 atom stereocenters. The molecule has 0 saturated carbocycles. The Kier molecular flexibility index (Phi) is 8.20. The predicted octanol–water partition coefficient (Wildman–Crippen LogP) is 2.96. The molecule has 2 aliphatic rings. The maximum absolute atomic E-state index is 6.00. The second kappa shape index (κ2) is 11.5. The van der Waals surface area contributed by atoms with Gasteiger partial charge in [-0.25, -0.2) is 0 Å². The van der Waals surface area contributed by atoms with Crippen molar-refractivity contribution in [3.05, 3.63) is 59.5 Å². The summed E-state index contributed by atoms with van der Waals surface area (Å²) in [4.78, 5) is 9.51. The molecule has 2 N–H and O–H groups in total. The van der Waals surface area contributed by atoms with Gasteiger partial charge < -0.3 is 19.8 Å². The van der Waals surface area contributed by atoms with Gasteiger partial charge in [-0.2, -0.15) is 0 Å². The number of likely N-dealkylation sites (tertiary alicyclic amines) is 1. The second-order valence-electron chi connectivity index (χ2n) is 8.62. The third kappa shape index (κ3) is 5.91. The Balaban J connectivity index is 1.39. The Labute approximate surface area is 191 Å². The van der Waals surface area contributed by atoms with E-state index in [2.05, 4.69) is 61.8 Å². The first-order chi connectivity index (χ1) is 15.7. The minimum absolute atomic E-state index is 0.148. The number of benzene rings is 1. The summed E-state index contributed by atoms with van der Waals surface area (Å²) in [6.45, 7) is 9.20. The van der Waals surface area contributed by atoms with Crippen molar-refractivity contribution in [2.24, 2.45) is 4.99 Å². The highest BCUT2D eigenvalue weighted by Crippen LogP contribution is 2.25. The highest BCUT2D eigenvalue weighted by atomic mass is 16.5. The first kappa shape index (κ1) is 22.8. The van der Waals surface area contributed by atoms with Crippen molar-refractivity contribution in [1.29, 1.82) is 0 Å². The molecule has 32 heavy (non-hydrogen) atoms. The molecule has 0 spiro atoms. The second-order valence-corrected chi connectivity index (χ2v) is 8.62. The lowest BCUT2D eigenvalue weighted by molar-refractivity contribution is 0.0124. The normalized spacial score (nSPS) is 20.2. The van der Waals surface area contributed by atoms with Crippen LogP contribution in [0.1, 0.15) is 42.0 Å². The predicted molar refractivity (Wildman–Crippen MR) is 128 cm³/mol. The van der Waals surface area contributed by atoms with Crippen LogP contribution in [0.5, 0.6) is 0 Å². The molecule has 0 radical (unpaired) electrons. The average molecular weight is 440 g/mol. The van der Waals surface area contributed by atoms with Crippen LogP contribution < -0.4 is 10.6 Å². The van der Waals surface area contributed by atoms with Gasteiger partial charge in [0.15, 0.2) is 5.96 Å². The zero-order valence-electron chi connectivity index (χ0n) is 19.4. The quantitative estimate of drug-likeness (QED) is 0.487. The molecule has 7 nitrogen and oxygen atoms in total. The van der Waals surface area contributed by atoms with Gasteiger partial charge in [0, 0.05) is 33.2 Å². The average Bonchev–Trinajstić information content (AvgIpc) is 3.52. The van der Waals surface area contributed by atoms with E-state index in [0.717, 1.165) is 70.0 Å². The number of guanidine groups is 1. The van der Waals surface area contributed by atoms with E-state index in [1.807, 2.05) is 20.0 Å². The van der Waals surface area contributed by atoms with Gasteiger partial charge in [-0.3, -0.25) is 14.8 Å². The van der Waals surface area contributed by atoms with Gasteiger partial charge in [0.1, 0.15) is 11.5 Å². The first-order valence-corrected chi connectivity index (χ1v) is 11.9. The molecular weight excluding hydrogens is 402 g/mol. The molecule has 2 fully saturated rings. The number of ether oxygens (including phenoxy) is 1. The standard InChI is InChI=1S/C25H37N5O2/c1-20-10-11-24(32-20)23(30-14-16-31-17-15-30)19-28-25(26-2)27-18-22(29-12-6-7-13-29)21-8-4-3-5-9-21/h3-5,8-11,22-23H,6-7,12-19H2,1-2H3,(H2,26,27,28). The van der Waals surface area contributed by atoms with E-state index in [1.165, 1.54) is 18.4 Å². The highest BCUT2D eigenvalue weighted by molar-refractivity contribution is 5.79. The maximum atomic E-state index is 6.00. The summed E-state index contributed by atoms with van der Waals surface area (Å²) in [6, 6.07) is 15.4. The van der Waals surface area contributed by atoms with Gasteiger partial charge in [-0.1, -0.05) is 30.3 Å². The number of aryl methyl sites for hydroxylation is 1. The van der Waals surface area contributed by atoms with Crippen molar-refractivity contribution in [2.75, 3.05) is 59.5 Å². The van der Waals surface area contributed by atoms with Gasteiger partial charge in [0.05, 0.1) is 25.3 Å². The lowest BCUT2D eigenvalue weighted by atomic mass is 10.1. The number of rotatable bonds is 8. The molecule has 1 aromatic carbocycles. The van der Waals surface area contributed by atoms with E-state index in [1.54, 1.807) is 0 Å². The largest absolute Gasteiger partial charge is 0.465 e. The minimum atomic E-state index is 0.148. The van der Waals surface area contributed by atoms with Gasteiger partial charge in [-0.05, 0) is 50.6 Å². The van der Waals surface area contributed by atoms with Crippen LogP contribution in [0.3, 0.4) is 0 Å². The molecule has 0 aliphatic carbocycles. The SMILES string of the molecule is CN=C(NCC(c1ccccc1)N1CCCC1)NCC(c1ccc(C)o1)N1CCOCC1. The Morgan fingerprint density at radius 2 is 1.56 bits per heavy atom. The molecule has 0 amide bonds. The number of nitrogens with zero attached hydrogens (tertiary/aromatic N) is 3. The number of aliphatic imine (C=N–C) groups is 1. The van der Waals surface area contributed by atoms with Crippen molar-refractivity contribution in [2.45, 2.75) is 31.8 Å². The van der Waals surface area contributed by atoms with Gasteiger partial charge in [0.25, 0.3) is 0 Å². The van der Waals surface area contributed by atoms with Crippen molar-refractivity contribution >= 4 is 5.96 Å². The van der Waals surface area contributed by atoms with E-state index in [0.29, 0.717) is 6.04 Å². The van der Waals surface area contributed by atoms with E-state index in [4.69, 9.17) is 9.15 Å². The summed E-state index contributed by atoms with van der Waals surface area (Å²) in [5, 5.41) is 7.13. The van der Waals surface area contributed by atoms with E-state index in [9.17, 15) is 0 Å². The molecule has 7 heteroatoms. The van der Waals surface area contributed by atoms with Crippen LogP contribution in [0.15, 0.2) is 51.9 Å². The number of nitrogens with one attached hydrogen (secondary N) is 2. The summed E-state index contributed by atoms with van der Waals surface area (Å²) < 4.78 is 11.6. The van der Waals surface area contributed by atoms with Crippen LogP contribution in [0.25, 0.3) is 0 Å². The van der Waals surface area contributed by atoms with Crippen LogP contribution >= 0.6 is 0 Å². The first-order valence-electron chi connectivity index (χ1n) is 11.9. The molecule has 2 saturated heterocycles. The van der Waals surface area contributed by atoms with E-state index < -0.39 is 0 Å². The lowest BCUT2D eigenvalue weighted by Gasteiger charge is -2.34. The van der Waals surface area contributed by atoms with E-state index >= 15 is 0 Å². The molecule has 3 heterocycles. The zero-order chi connectivity index (χ0) is 22.2. The molecule has 4 rings (SSSR count). The summed E-state index contributed by atoms with van der Waals surface area (Å²) >= 11 is 0. The van der Waals surface area contributed by atoms with Gasteiger partial charge in [-0.15, -0.1) is 0 Å². The molecule has 1 aromatic heterocycles. The lowest BCUT2D eigenvalue weighted by Crippen LogP contribution is -2.47. The fraction of sp³-hybridized carbons (Fsp3) is 0.560. The molecular formula is C25H37N5O2. The van der Waals surface area contributed by atoms with Crippen molar-refractivity contribution in [3.63, 3.8) is 0 Å². The van der Waals surface area contributed by atoms with Crippen LogP contribution in [-0.2, 0) is 4.74 Å². The van der Waals surface area contributed by atoms with Crippen molar-refractivity contribution in [1.82, 2.24) is 20.4 Å². The maximum Gasteiger partial charge on any atom is 0.191 e. The fourth-order valence-corrected chi connectivity index (χ4v) is 4.72. The number of morpholine rings is 1. The molecule has 2 aliphatic heterocycles. The summed E-state index contributed by atoms with van der Waals surface area (Å²) in [5.74, 6) is 2.76. The molecule has 0 bridgehead atoms. The van der Waals surface area contributed by atoms with Crippen molar-refractivity contribution in [3.8, 4) is 0 Å². The number of furan rings is 1. The highest BCUT2D eigenvalue weighted by Gasteiger charge is 2.26. The monoisotopic (exact) mass is 439 g/mol. The third-order valence-electron chi connectivity index (χ3n) is 6.49. The number of hydrogen-bond acceptors (Lipinski definition) is 5. The van der Waals surface area contributed by atoms with Crippen LogP contribution in [0.4, 0.5) is 0 Å². The van der Waals surface area contributed by atoms with Crippen LogP contribution in [0, 0.1) is 6.92 Å². The van der Waals surface area contributed by atoms with E-state index in [-0.39, 0.29) is 6.04 Å². The summed E-state index contributed by atoms with van der Waals surface area (Å²) in [5.41, 5.74) is 1.36. The summed E-state index contributed by atoms with van der Waals surface area (Å²) in [7, 11) is 1.84. The zero-order valence-corrected chi connectivity index (χ0v) is 19.4. The van der Waals surface area contributed by atoms with Crippen LogP contribution in [0.2, 0.25) is 0 Å². The van der Waals surface area contributed by atoms with Gasteiger partial charge in [0.2, 0.25) is 0 Å². The van der Waals surface area contributed by atoms with Crippen LogP contribution in [-0.4, -0.2) is 75.3 Å². The van der Waals surface area contributed by atoms with Gasteiger partial charge >= 0.3 is 0 Å². The van der Waals surface area contributed by atoms with Crippen molar-refractivity contribution < 1.29 is 9.15 Å². The molecule has 2 aromatic rings. The topological polar surface area (TPSA) is 65.3 Å². The molecule has 2 unspecified atom stereocenters. The Bertz CT molecular complexity index is 841. The Morgan fingerprint density at radius 3 is 2.19 bits per heavy atom. The Hall–Kier alpha value is -2.35. The minimum Gasteiger partial charge on any atom is -0.465 e. The third-order valence-corrected chi connectivity index (χ3v) is 6.49. The summed E-state index contributed by atoms with van der Waals surface area (Å²) in [6.07, 6.45) is 2.56.